The van der Waals surface area contributed by atoms with Gasteiger partial charge in [-0.15, -0.1) is 0 Å². The third-order valence-electron chi connectivity index (χ3n) is 6.49. The zero-order chi connectivity index (χ0) is 25.6. The predicted molar refractivity (Wildman–Crippen MR) is 137 cm³/mol. The second kappa shape index (κ2) is 16.0. The van der Waals surface area contributed by atoms with E-state index in [1.807, 2.05) is 21.0 Å². The van der Waals surface area contributed by atoms with E-state index in [1.165, 1.54) is 0 Å². The van der Waals surface area contributed by atoms with Crippen LogP contribution < -0.4 is 5.73 Å². The van der Waals surface area contributed by atoms with Gasteiger partial charge in [0.2, 0.25) is 0 Å². The molecule has 0 amide bonds. The molecule has 0 aromatic carbocycles. The minimum absolute atomic E-state index is 0.0193. The Balaban J connectivity index is 5.42. The molecule has 0 radical (unpaired) electrons. The molecule has 0 rings (SSSR count). The maximum atomic E-state index is 12.7. The van der Waals surface area contributed by atoms with Gasteiger partial charge in [-0.1, -0.05) is 66.7 Å². The van der Waals surface area contributed by atoms with Crippen LogP contribution in [-0.4, -0.2) is 56.7 Å². The standard InChI is InChI=1S/C27H50N2O4/c1-20(2)21(3)14-15-27(6,7)23(5)26(33-24(30)13-12-17-29(8)9)22(4)19-25(31)32-18-11-10-16-28/h10-11,14-15,20-23,26H,12-13,16-19,28H2,1-9H3/b11-10+,15-14-. The molecule has 0 aromatic heterocycles. The summed E-state index contributed by atoms with van der Waals surface area (Å²) < 4.78 is 11.3. The van der Waals surface area contributed by atoms with Gasteiger partial charge in [0.1, 0.15) is 12.7 Å². The van der Waals surface area contributed by atoms with Crippen LogP contribution in [0.25, 0.3) is 0 Å². The third kappa shape index (κ3) is 13.6. The van der Waals surface area contributed by atoms with Crippen molar-refractivity contribution in [3.63, 3.8) is 0 Å². The Morgan fingerprint density at radius 2 is 1.67 bits per heavy atom. The number of esters is 2. The van der Waals surface area contributed by atoms with Crippen molar-refractivity contribution in [3.05, 3.63) is 24.3 Å². The van der Waals surface area contributed by atoms with E-state index in [-0.39, 0.29) is 42.2 Å². The number of carbonyl (C=O) groups is 2. The number of nitrogens with zero attached hydrogens (tertiary/aromatic N) is 1. The number of ether oxygens (including phenoxy) is 2. The molecule has 0 aliphatic carbocycles. The molecule has 0 aromatic rings. The number of hydrogen-bond donors (Lipinski definition) is 1. The van der Waals surface area contributed by atoms with Crippen LogP contribution in [-0.2, 0) is 19.1 Å². The molecule has 33 heavy (non-hydrogen) atoms. The first-order valence-corrected chi connectivity index (χ1v) is 12.4. The zero-order valence-electron chi connectivity index (χ0n) is 22.6. The molecule has 0 fully saturated rings. The summed E-state index contributed by atoms with van der Waals surface area (Å²) >= 11 is 0. The molecule has 0 aliphatic heterocycles. The van der Waals surface area contributed by atoms with Gasteiger partial charge in [-0.05, 0) is 50.4 Å². The first kappa shape index (κ1) is 31.3. The van der Waals surface area contributed by atoms with Crippen LogP contribution in [0.4, 0.5) is 0 Å². The van der Waals surface area contributed by atoms with Gasteiger partial charge in [0.05, 0.1) is 6.42 Å². The summed E-state index contributed by atoms with van der Waals surface area (Å²) in [6.45, 7) is 16.5. The summed E-state index contributed by atoms with van der Waals surface area (Å²) in [6, 6.07) is 0. The first-order valence-electron chi connectivity index (χ1n) is 12.4. The van der Waals surface area contributed by atoms with Crippen LogP contribution in [0, 0.1) is 29.1 Å². The van der Waals surface area contributed by atoms with Gasteiger partial charge in [-0.3, -0.25) is 9.59 Å². The van der Waals surface area contributed by atoms with Gasteiger partial charge in [0.15, 0.2) is 0 Å². The Bertz CT molecular complexity index is 626. The molecular weight excluding hydrogens is 416 g/mol. The fraction of sp³-hybridized carbons (Fsp3) is 0.778. The van der Waals surface area contributed by atoms with E-state index in [4.69, 9.17) is 15.2 Å². The quantitative estimate of drug-likeness (QED) is 0.259. The highest BCUT2D eigenvalue weighted by molar-refractivity contribution is 5.71. The fourth-order valence-electron chi connectivity index (χ4n) is 3.40. The molecule has 0 bridgehead atoms. The lowest BCUT2D eigenvalue weighted by molar-refractivity contribution is -0.160. The zero-order valence-corrected chi connectivity index (χ0v) is 22.6. The van der Waals surface area contributed by atoms with Crippen LogP contribution in [0.15, 0.2) is 24.3 Å². The molecule has 0 spiro atoms. The Morgan fingerprint density at radius 3 is 2.21 bits per heavy atom. The van der Waals surface area contributed by atoms with E-state index >= 15 is 0 Å². The molecule has 4 unspecified atom stereocenters. The smallest absolute Gasteiger partial charge is 0.306 e. The Morgan fingerprint density at radius 1 is 1.03 bits per heavy atom. The van der Waals surface area contributed by atoms with Crippen LogP contribution in [0.5, 0.6) is 0 Å². The van der Waals surface area contributed by atoms with E-state index in [9.17, 15) is 9.59 Å². The number of nitrogens with two attached hydrogens (primary N) is 1. The molecule has 6 nitrogen and oxygen atoms in total. The largest absolute Gasteiger partial charge is 0.462 e. The monoisotopic (exact) mass is 466 g/mol. The van der Waals surface area contributed by atoms with Crippen LogP contribution in [0.1, 0.15) is 67.7 Å². The SMILES string of the molecule is CC(C)C(C)/C=C\C(C)(C)C(C)C(OC(=O)CCCN(C)C)C(C)CC(=O)OC/C=C/CN. The number of allylic oxidation sites excluding steroid dienone is 2. The molecule has 0 saturated heterocycles. The summed E-state index contributed by atoms with van der Waals surface area (Å²) in [4.78, 5) is 27.1. The lowest BCUT2D eigenvalue weighted by Crippen LogP contribution is -2.39. The molecule has 4 atom stereocenters. The van der Waals surface area contributed by atoms with Gasteiger partial charge < -0.3 is 20.1 Å². The van der Waals surface area contributed by atoms with Crippen molar-refractivity contribution < 1.29 is 19.1 Å². The molecular formula is C27H50N2O4. The highest BCUT2D eigenvalue weighted by Crippen LogP contribution is 2.37. The normalized spacial score (nSPS) is 16.4. The fourth-order valence-corrected chi connectivity index (χ4v) is 3.40. The minimum atomic E-state index is -0.391. The van der Waals surface area contributed by atoms with Crippen molar-refractivity contribution in [2.24, 2.45) is 34.8 Å². The summed E-state index contributed by atoms with van der Waals surface area (Å²) in [6.07, 6.45) is 8.88. The molecule has 0 saturated carbocycles. The molecule has 6 heteroatoms. The van der Waals surface area contributed by atoms with Crippen molar-refractivity contribution in [2.75, 3.05) is 33.8 Å². The predicted octanol–water partition coefficient (Wildman–Crippen LogP) is 4.83. The van der Waals surface area contributed by atoms with Crippen molar-refractivity contribution >= 4 is 11.9 Å². The first-order chi connectivity index (χ1) is 15.3. The molecule has 0 aliphatic rings. The Hall–Kier alpha value is -1.66. The molecule has 0 heterocycles. The third-order valence-corrected chi connectivity index (χ3v) is 6.49. The van der Waals surface area contributed by atoms with E-state index in [0.29, 0.717) is 24.8 Å². The Kier molecular flexibility index (Phi) is 15.2. The van der Waals surface area contributed by atoms with Gasteiger partial charge in [-0.2, -0.15) is 0 Å². The van der Waals surface area contributed by atoms with Gasteiger partial charge in [-0.25, -0.2) is 0 Å². The van der Waals surface area contributed by atoms with Crippen LogP contribution >= 0.6 is 0 Å². The van der Waals surface area contributed by atoms with Gasteiger partial charge >= 0.3 is 11.9 Å². The van der Waals surface area contributed by atoms with E-state index in [0.717, 1.165) is 13.0 Å². The van der Waals surface area contributed by atoms with Crippen molar-refractivity contribution in [2.45, 2.75) is 73.8 Å². The van der Waals surface area contributed by atoms with Crippen molar-refractivity contribution in [1.82, 2.24) is 4.90 Å². The highest BCUT2D eigenvalue weighted by Gasteiger charge is 2.37. The Labute approximate surface area is 202 Å². The number of hydrogen-bond acceptors (Lipinski definition) is 6. The van der Waals surface area contributed by atoms with Crippen molar-refractivity contribution in [3.8, 4) is 0 Å². The molecule has 192 valence electrons. The minimum Gasteiger partial charge on any atom is -0.462 e. The maximum absolute atomic E-state index is 12.7. The van der Waals surface area contributed by atoms with Crippen molar-refractivity contribution in [1.29, 1.82) is 0 Å². The lowest BCUT2D eigenvalue weighted by Gasteiger charge is -2.38. The van der Waals surface area contributed by atoms with Crippen LogP contribution in [0.2, 0.25) is 0 Å². The van der Waals surface area contributed by atoms with E-state index in [2.05, 4.69) is 58.6 Å². The second-order valence-electron chi connectivity index (χ2n) is 10.5. The average Bonchev–Trinajstić information content (AvgIpc) is 2.72. The maximum Gasteiger partial charge on any atom is 0.306 e. The summed E-state index contributed by atoms with van der Waals surface area (Å²) in [7, 11) is 3.97. The topological polar surface area (TPSA) is 81.9 Å². The lowest BCUT2D eigenvalue weighted by atomic mass is 9.72. The van der Waals surface area contributed by atoms with E-state index in [1.54, 1.807) is 12.2 Å². The van der Waals surface area contributed by atoms with Gasteiger partial charge in [0, 0.05) is 24.8 Å². The van der Waals surface area contributed by atoms with E-state index < -0.39 is 6.10 Å². The summed E-state index contributed by atoms with van der Waals surface area (Å²) in [5.74, 6) is 0.351. The number of carbonyl (C=O) groups excluding carboxylic acids is 2. The second-order valence-corrected chi connectivity index (χ2v) is 10.5. The molecule has 2 N–H and O–H groups in total. The highest BCUT2D eigenvalue weighted by atomic mass is 16.5. The van der Waals surface area contributed by atoms with Crippen LogP contribution in [0.3, 0.4) is 0 Å². The number of rotatable bonds is 16. The summed E-state index contributed by atoms with van der Waals surface area (Å²) in [5.41, 5.74) is 5.20. The summed E-state index contributed by atoms with van der Waals surface area (Å²) in [5, 5.41) is 0. The average molecular weight is 467 g/mol. The van der Waals surface area contributed by atoms with Gasteiger partial charge in [0.25, 0.3) is 0 Å².